The van der Waals surface area contributed by atoms with Gasteiger partial charge in [-0.1, -0.05) is 151 Å². The third-order valence-electron chi connectivity index (χ3n) is 9.49. The molecular formula is C51H32N4S. The number of nitrogens with zero attached hydrogens (tertiary/aromatic N) is 4. The summed E-state index contributed by atoms with van der Waals surface area (Å²) in [7, 11) is 0. The lowest BCUT2D eigenvalue weighted by molar-refractivity contribution is 1.06. The Bertz CT molecular complexity index is 4190. The number of para-hydroxylation sites is 1. The molecule has 8 aromatic carbocycles. The Kier molecular flexibility index (Phi) is 4.60. The Hall–Kier alpha value is -7.21. The summed E-state index contributed by atoms with van der Waals surface area (Å²) in [5.41, 5.74) is 0.0512. The first-order valence-corrected chi connectivity index (χ1v) is 18.2. The van der Waals surface area contributed by atoms with Crippen molar-refractivity contribution in [2.24, 2.45) is 0 Å². The summed E-state index contributed by atoms with van der Waals surface area (Å²) in [6, 6.07) is 16.0. The van der Waals surface area contributed by atoms with E-state index < -0.39 is 114 Å². The summed E-state index contributed by atoms with van der Waals surface area (Å²) in [5.74, 6) is -0.436. The fourth-order valence-electron chi connectivity index (χ4n) is 7.03. The van der Waals surface area contributed by atoms with Crippen LogP contribution in [-0.2, 0) is 0 Å². The van der Waals surface area contributed by atoms with Gasteiger partial charge in [-0.3, -0.25) is 0 Å². The van der Waals surface area contributed by atoms with Gasteiger partial charge in [0.25, 0.3) is 0 Å². The molecule has 0 radical (unpaired) electrons. The fourth-order valence-corrected chi connectivity index (χ4v) is 8.17. The van der Waals surface area contributed by atoms with Crippen molar-refractivity contribution in [3.8, 4) is 62.1 Å². The number of aromatic nitrogens is 4. The highest BCUT2D eigenvalue weighted by Gasteiger charge is 2.21. The molecule has 3 aromatic heterocycles. The van der Waals surface area contributed by atoms with Crippen molar-refractivity contribution in [2.45, 2.75) is 0 Å². The number of benzene rings is 8. The predicted octanol–water partition coefficient (Wildman–Crippen LogP) is 13.7. The first kappa shape index (κ1) is 19.4. The van der Waals surface area contributed by atoms with E-state index in [4.69, 9.17) is 26.4 Å². The Labute approximate surface area is 351 Å². The second-order valence-electron chi connectivity index (χ2n) is 12.7. The molecule has 5 heteroatoms. The highest BCUT2D eigenvalue weighted by Crippen LogP contribution is 2.43. The van der Waals surface area contributed by atoms with Crippen LogP contribution in [0.4, 0.5) is 0 Å². The molecule has 0 spiro atoms. The molecule has 0 amide bonds. The Morgan fingerprint density at radius 1 is 0.429 bits per heavy atom. The van der Waals surface area contributed by atoms with Crippen molar-refractivity contribution in [3.63, 3.8) is 0 Å². The minimum absolute atomic E-state index is 0.0187. The lowest BCUT2D eigenvalue weighted by Gasteiger charge is -2.17. The molecule has 0 aliphatic heterocycles. The molecule has 56 heavy (non-hydrogen) atoms. The van der Waals surface area contributed by atoms with Gasteiger partial charge < -0.3 is 4.57 Å². The zero-order chi connectivity index (χ0) is 51.8. The van der Waals surface area contributed by atoms with Crippen LogP contribution in [0.2, 0.25) is 0 Å². The van der Waals surface area contributed by atoms with Gasteiger partial charge >= 0.3 is 0 Å². The van der Waals surface area contributed by atoms with Gasteiger partial charge in [0.1, 0.15) is 0 Å². The maximum atomic E-state index is 9.76. The van der Waals surface area contributed by atoms with E-state index in [0.717, 1.165) is 25.7 Å². The topological polar surface area (TPSA) is 43.6 Å². The van der Waals surface area contributed by atoms with E-state index in [1.165, 1.54) is 4.57 Å². The SMILES string of the molecule is [2H]c1c([2H])c([2H])c(-c2nc(-c3ccccc3)nc(-c3cc(-c4cccc5sc6ccccc6c45)ccc3-n3c4c([2H])c([2H])c([2H])c([2H])c4c4c([2H])c(-c5c([2H])c([2H])c([2H])c([2H])c5[2H])c([2H])c([2H])c43)n2)c([2H])c1[2H]. The molecule has 0 saturated carbocycles. The molecule has 11 rings (SSSR count). The van der Waals surface area contributed by atoms with E-state index in [2.05, 4.69) is 4.98 Å². The largest absolute Gasteiger partial charge is 0.309 e. The average molecular weight is 750 g/mol. The van der Waals surface area contributed by atoms with Crippen molar-refractivity contribution in [2.75, 3.05) is 0 Å². The highest BCUT2D eigenvalue weighted by atomic mass is 32.1. The Morgan fingerprint density at radius 3 is 1.95 bits per heavy atom. The van der Waals surface area contributed by atoms with E-state index in [9.17, 15) is 6.85 Å². The molecule has 0 aliphatic carbocycles. The lowest BCUT2D eigenvalue weighted by atomic mass is 9.96. The van der Waals surface area contributed by atoms with Gasteiger partial charge in [0.15, 0.2) is 17.5 Å². The smallest absolute Gasteiger partial charge is 0.166 e. The van der Waals surface area contributed by atoms with Gasteiger partial charge in [-0.2, -0.15) is 0 Å². The number of hydrogen-bond donors (Lipinski definition) is 0. The molecular weight excluding hydrogens is 701 g/mol. The third kappa shape index (κ3) is 5.40. The van der Waals surface area contributed by atoms with Crippen LogP contribution < -0.4 is 0 Å². The average Bonchev–Trinajstić information content (AvgIpc) is 3.97. The molecule has 3 heterocycles. The summed E-state index contributed by atoms with van der Waals surface area (Å²) in [6.45, 7) is 0. The van der Waals surface area contributed by atoms with Crippen LogP contribution in [0.15, 0.2) is 194 Å². The zero-order valence-electron chi connectivity index (χ0n) is 45.9. The molecule has 262 valence electrons. The molecule has 0 N–H and O–H groups in total. The van der Waals surface area contributed by atoms with E-state index in [1.54, 1.807) is 59.9 Å². The summed E-state index contributed by atoms with van der Waals surface area (Å²) >= 11 is 1.59. The molecule has 11 aromatic rings. The maximum Gasteiger partial charge on any atom is 0.166 e. The summed E-state index contributed by atoms with van der Waals surface area (Å²) in [6.07, 6.45) is 0. The van der Waals surface area contributed by atoms with Crippen molar-refractivity contribution < 1.29 is 23.3 Å². The lowest BCUT2D eigenvalue weighted by Crippen LogP contribution is -2.04. The first-order valence-electron chi connectivity index (χ1n) is 25.9. The van der Waals surface area contributed by atoms with Crippen LogP contribution in [0.25, 0.3) is 104 Å². The first-order chi connectivity index (χ1) is 34.8. The fraction of sp³-hybridized carbons (Fsp3) is 0. The van der Waals surface area contributed by atoms with Crippen molar-refractivity contribution in [1.29, 1.82) is 0 Å². The molecule has 0 fully saturated rings. The van der Waals surface area contributed by atoms with Crippen molar-refractivity contribution in [3.05, 3.63) is 194 Å². The molecule has 0 bridgehead atoms. The van der Waals surface area contributed by atoms with Gasteiger partial charge in [-0.05, 0) is 64.6 Å². The van der Waals surface area contributed by atoms with Gasteiger partial charge in [-0.15, -0.1) is 11.3 Å². The standard InChI is InChI=1S/C51H32N4S/c1-4-15-33(16-5-1)36-27-29-44-41(31-36)39-21-10-12-24-43(39)55(44)45-30-28-37(38-23-14-26-47-48(38)40-22-11-13-25-46(40)56-47)32-42(45)51-53-49(34-17-6-2-7-18-34)52-50(54-51)35-19-8-3-9-20-35/h1-32H/i1D,2D,4D,5D,6D,7D,10D,12D,15D,16D,17D,18D,21D,24D,27D,29D,31D. The molecule has 0 aliphatic rings. The molecule has 4 nitrogen and oxygen atoms in total. The summed E-state index contributed by atoms with van der Waals surface area (Å²) in [5, 5.41) is 1.34. The van der Waals surface area contributed by atoms with Crippen LogP contribution >= 0.6 is 11.3 Å². The van der Waals surface area contributed by atoms with Gasteiger partial charge in [0.2, 0.25) is 0 Å². The van der Waals surface area contributed by atoms with Crippen molar-refractivity contribution in [1.82, 2.24) is 19.5 Å². The second-order valence-corrected chi connectivity index (χ2v) is 13.8. The Balaban J connectivity index is 1.33. The zero-order valence-corrected chi connectivity index (χ0v) is 29.7. The van der Waals surface area contributed by atoms with Gasteiger partial charge in [0, 0.05) is 47.6 Å². The van der Waals surface area contributed by atoms with E-state index in [-0.39, 0.29) is 56.1 Å². The van der Waals surface area contributed by atoms with Crippen molar-refractivity contribution >= 4 is 53.3 Å². The predicted molar refractivity (Wildman–Crippen MR) is 234 cm³/mol. The normalized spacial score (nSPS) is 15.8. The maximum absolute atomic E-state index is 9.76. The number of fused-ring (bicyclic) bond motifs is 6. The number of rotatable bonds is 6. The van der Waals surface area contributed by atoms with Crippen LogP contribution in [0.5, 0.6) is 0 Å². The van der Waals surface area contributed by atoms with Crippen LogP contribution in [0, 0.1) is 0 Å². The van der Waals surface area contributed by atoms with E-state index >= 15 is 0 Å². The molecule has 0 saturated heterocycles. The van der Waals surface area contributed by atoms with Gasteiger partial charge in [-0.25, -0.2) is 15.0 Å². The minimum atomic E-state index is -0.753. The summed E-state index contributed by atoms with van der Waals surface area (Å²) < 4.78 is 155. The highest BCUT2D eigenvalue weighted by molar-refractivity contribution is 7.25. The van der Waals surface area contributed by atoms with Crippen LogP contribution in [0.1, 0.15) is 23.3 Å². The van der Waals surface area contributed by atoms with E-state index in [0.29, 0.717) is 11.1 Å². The van der Waals surface area contributed by atoms with E-state index in [1.807, 2.05) is 42.5 Å². The third-order valence-corrected chi connectivity index (χ3v) is 10.6. The van der Waals surface area contributed by atoms with Crippen LogP contribution in [-0.4, -0.2) is 19.5 Å². The number of hydrogen-bond acceptors (Lipinski definition) is 4. The molecule has 0 unspecified atom stereocenters. The second kappa shape index (κ2) is 13.3. The quantitative estimate of drug-likeness (QED) is 0.170. The summed E-state index contributed by atoms with van der Waals surface area (Å²) in [4.78, 5) is 14.5. The monoisotopic (exact) mass is 749 g/mol. The van der Waals surface area contributed by atoms with Gasteiger partial charge in [0.05, 0.1) is 40.0 Å². The van der Waals surface area contributed by atoms with Crippen LogP contribution in [0.3, 0.4) is 0 Å². The minimum Gasteiger partial charge on any atom is -0.309 e. The number of thiophene rings is 1. The molecule has 0 atom stereocenters. The Morgan fingerprint density at radius 2 is 1.11 bits per heavy atom.